The lowest BCUT2D eigenvalue weighted by molar-refractivity contribution is -0.131. The fourth-order valence-corrected chi connectivity index (χ4v) is 2.80. The van der Waals surface area contributed by atoms with Crippen molar-refractivity contribution >= 4 is 21.8 Å². The monoisotopic (exact) mass is 331 g/mol. The summed E-state index contributed by atoms with van der Waals surface area (Å²) in [4.78, 5) is 14.1. The van der Waals surface area contributed by atoms with Crippen LogP contribution in [0.3, 0.4) is 0 Å². The second-order valence-electron chi connectivity index (χ2n) is 5.03. The first-order chi connectivity index (χ1) is 8.97. The van der Waals surface area contributed by atoms with Gasteiger partial charge < -0.3 is 4.90 Å². The van der Waals surface area contributed by atoms with Crippen LogP contribution in [-0.4, -0.2) is 28.7 Å². The lowest BCUT2D eigenvalue weighted by Crippen LogP contribution is -2.44. The van der Waals surface area contributed by atoms with E-state index in [1.54, 1.807) is 4.90 Å². The van der Waals surface area contributed by atoms with Crippen molar-refractivity contribution in [3.8, 4) is 0 Å². The first-order valence-electron chi connectivity index (χ1n) is 6.33. The molecule has 1 heterocycles. The summed E-state index contributed by atoms with van der Waals surface area (Å²) in [6.45, 7) is 3.48. The first-order valence-corrected chi connectivity index (χ1v) is 7.24. The fourth-order valence-electron chi connectivity index (χ4n) is 2.19. The molecule has 19 heavy (non-hydrogen) atoms. The molecular formula is C14H16BrF2NO. The third kappa shape index (κ3) is 3.53. The van der Waals surface area contributed by atoms with Gasteiger partial charge in [-0.25, -0.2) is 8.78 Å². The largest absolute Gasteiger partial charge is 0.341 e. The Morgan fingerprint density at radius 3 is 2.84 bits per heavy atom. The number of amides is 1. The minimum atomic E-state index is -0.658. The van der Waals surface area contributed by atoms with E-state index in [-0.39, 0.29) is 22.7 Å². The summed E-state index contributed by atoms with van der Waals surface area (Å²) in [5, 5.41) is 0. The number of hydrogen-bond donors (Lipinski definition) is 0. The van der Waals surface area contributed by atoms with Crippen LogP contribution in [0.15, 0.2) is 18.2 Å². The van der Waals surface area contributed by atoms with Crippen molar-refractivity contribution in [3.63, 3.8) is 0 Å². The van der Waals surface area contributed by atoms with Crippen molar-refractivity contribution in [3.05, 3.63) is 35.4 Å². The molecule has 0 N–H and O–H groups in total. The molecule has 2 unspecified atom stereocenters. The maximum atomic E-state index is 13.5. The van der Waals surface area contributed by atoms with Gasteiger partial charge in [0, 0.05) is 24.0 Å². The van der Waals surface area contributed by atoms with Gasteiger partial charge in [0.15, 0.2) is 0 Å². The Bertz CT molecular complexity index is 481. The van der Waals surface area contributed by atoms with E-state index >= 15 is 0 Å². The summed E-state index contributed by atoms with van der Waals surface area (Å²) >= 11 is 3.55. The molecule has 0 spiro atoms. The van der Waals surface area contributed by atoms with Crippen LogP contribution < -0.4 is 0 Å². The number of carbonyl (C=O) groups excluding carboxylic acids is 1. The molecule has 2 atom stereocenters. The van der Waals surface area contributed by atoms with Gasteiger partial charge >= 0.3 is 0 Å². The maximum Gasteiger partial charge on any atom is 0.227 e. The predicted octanol–water partition coefficient (Wildman–Crippen LogP) is 3.14. The van der Waals surface area contributed by atoms with Crippen LogP contribution in [0.4, 0.5) is 8.78 Å². The summed E-state index contributed by atoms with van der Waals surface area (Å²) < 4.78 is 26.3. The van der Waals surface area contributed by atoms with Gasteiger partial charge in [0.25, 0.3) is 0 Å². The van der Waals surface area contributed by atoms with Gasteiger partial charge in [0.2, 0.25) is 5.91 Å². The molecule has 1 aliphatic heterocycles. The van der Waals surface area contributed by atoms with Crippen LogP contribution in [0, 0.1) is 17.6 Å². The Morgan fingerprint density at radius 1 is 1.47 bits per heavy atom. The van der Waals surface area contributed by atoms with Gasteiger partial charge in [-0.2, -0.15) is 0 Å². The highest BCUT2D eigenvalue weighted by Crippen LogP contribution is 2.24. The second kappa shape index (κ2) is 5.99. The molecule has 1 saturated heterocycles. The molecule has 104 valence electrons. The van der Waals surface area contributed by atoms with Crippen molar-refractivity contribution in [1.29, 1.82) is 0 Å². The number of alkyl halides is 1. The zero-order chi connectivity index (χ0) is 14.0. The van der Waals surface area contributed by atoms with E-state index in [1.165, 1.54) is 12.1 Å². The lowest BCUT2D eigenvalue weighted by Gasteiger charge is -2.34. The molecule has 1 aromatic rings. The van der Waals surface area contributed by atoms with Gasteiger partial charge in [-0.1, -0.05) is 28.9 Å². The Labute approximate surface area is 119 Å². The Balaban J connectivity index is 2.01. The number of benzene rings is 1. The molecule has 0 radical (unpaired) electrons. The predicted molar refractivity (Wildman–Crippen MR) is 73.1 cm³/mol. The molecule has 5 heteroatoms. The molecule has 1 amide bonds. The summed E-state index contributed by atoms with van der Waals surface area (Å²) in [5.41, 5.74) is 0.246. The van der Waals surface area contributed by atoms with Gasteiger partial charge in [-0.3, -0.25) is 4.79 Å². The molecule has 0 bridgehead atoms. The van der Waals surface area contributed by atoms with Crippen LogP contribution in [0.1, 0.15) is 18.9 Å². The second-order valence-corrected chi connectivity index (χ2v) is 6.21. The summed E-state index contributed by atoms with van der Waals surface area (Å²) in [6.07, 6.45) is 0.924. The zero-order valence-corrected chi connectivity index (χ0v) is 12.3. The topological polar surface area (TPSA) is 20.3 Å². The Morgan fingerprint density at radius 2 is 2.21 bits per heavy atom. The van der Waals surface area contributed by atoms with Gasteiger partial charge in [-0.15, -0.1) is 0 Å². The normalized spacial score (nSPS) is 23.5. The molecule has 1 aliphatic rings. The highest BCUT2D eigenvalue weighted by Gasteiger charge is 2.27. The SMILES string of the molecule is CC1CCN(C(=O)Cc2ccc(F)cc2F)CC1Br. The molecule has 1 aromatic carbocycles. The van der Waals surface area contributed by atoms with Gasteiger partial charge in [0.1, 0.15) is 11.6 Å². The van der Waals surface area contributed by atoms with Crippen LogP contribution >= 0.6 is 15.9 Å². The van der Waals surface area contributed by atoms with Crippen LogP contribution in [0.5, 0.6) is 0 Å². The Kier molecular flexibility index (Phi) is 4.55. The minimum Gasteiger partial charge on any atom is -0.341 e. The molecule has 0 aromatic heterocycles. The zero-order valence-electron chi connectivity index (χ0n) is 10.7. The minimum absolute atomic E-state index is 0.0137. The summed E-state index contributed by atoms with van der Waals surface area (Å²) in [7, 11) is 0. The number of nitrogens with zero attached hydrogens (tertiary/aromatic N) is 1. The van der Waals surface area contributed by atoms with Crippen molar-refractivity contribution in [2.24, 2.45) is 5.92 Å². The van der Waals surface area contributed by atoms with E-state index < -0.39 is 11.6 Å². The maximum absolute atomic E-state index is 13.5. The lowest BCUT2D eigenvalue weighted by atomic mass is 9.98. The highest BCUT2D eigenvalue weighted by atomic mass is 79.9. The number of halogens is 3. The average Bonchev–Trinajstić information content (AvgIpc) is 2.36. The summed E-state index contributed by atoms with van der Waals surface area (Å²) in [6, 6.07) is 3.33. The fraction of sp³-hybridized carbons (Fsp3) is 0.500. The number of hydrogen-bond acceptors (Lipinski definition) is 1. The average molecular weight is 332 g/mol. The molecular weight excluding hydrogens is 316 g/mol. The van der Waals surface area contributed by atoms with E-state index in [9.17, 15) is 13.6 Å². The smallest absolute Gasteiger partial charge is 0.227 e. The number of likely N-dealkylation sites (tertiary alicyclic amines) is 1. The van der Waals surface area contributed by atoms with Gasteiger partial charge in [0.05, 0.1) is 6.42 Å². The third-order valence-electron chi connectivity index (χ3n) is 3.58. The Hall–Kier alpha value is -0.970. The quantitative estimate of drug-likeness (QED) is 0.762. The summed E-state index contributed by atoms with van der Waals surface area (Å²) in [5.74, 6) is -0.858. The van der Waals surface area contributed by atoms with Crippen molar-refractivity contribution < 1.29 is 13.6 Å². The van der Waals surface area contributed by atoms with Gasteiger partial charge in [-0.05, 0) is 24.0 Å². The van der Waals surface area contributed by atoms with E-state index in [0.717, 1.165) is 12.5 Å². The van der Waals surface area contributed by atoms with E-state index in [4.69, 9.17) is 0 Å². The number of carbonyl (C=O) groups is 1. The van der Waals surface area contributed by atoms with E-state index in [0.29, 0.717) is 19.0 Å². The van der Waals surface area contributed by atoms with Crippen LogP contribution in [0.25, 0.3) is 0 Å². The van der Waals surface area contributed by atoms with Crippen molar-refractivity contribution in [1.82, 2.24) is 4.90 Å². The van der Waals surface area contributed by atoms with Crippen LogP contribution in [-0.2, 0) is 11.2 Å². The third-order valence-corrected chi connectivity index (χ3v) is 4.77. The molecule has 2 rings (SSSR count). The highest BCUT2D eigenvalue weighted by molar-refractivity contribution is 9.09. The van der Waals surface area contributed by atoms with Crippen molar-refractivity contribution in [2.45, 2.75) is 24.6 Å². The standard InChI is InChI=1S/C14H16BrF2NO/c1-9-4-5-18(8-12(9)15)14(19)6-10-2-3-11(16)7-13(10)17/h2-3,7,9,12H,4-6,8H2,1H3. The van der Waals surface area contributed by atoms with E-state index in [2.05, 4.69) is 22.9 Å². The molecule has 2 nitrogen and oxygen atoms in total. The molecule has 0 saturated carbocycles. The molecule has 1 fully saturated rings. The number of rotatable bonds is 2. The number of piperidine rings is 1. The van der Waals surface area contributed by atoms with Crippen molar-refractivity contribution in [2.75, 3.05) is 13.1 Å². The molecule has 0 aliphatic carbocycles. The van der Waals surface area contributed by atoms with E-state index in [1.807, 2.05) is 0 Å². The first kappa shape index (κ1) is 14.4. The van der Waals surface area contributed by atoms with Crippen LogP contribution in [0.2, 0.25) is 0 Å².